The molecule has 0 heterocycles. The summed E-state index contributed by atoms with van der Waals surface area (Å²) >= 11 is 1.56. The molecule has 0 radical (unpaired) electrons. The summed E-state index contributed by atoms with van der Waals surface area (Å²) in [5, 5.41) is 10.5. The molecule has 10 heteroatoms. The number of anilines is 1. The summed E-state index contributed by atoms with van der Waals surface area (Å²) in [5.41, 5.74) is 6.86. The Morgan fingerprint density at radius 3 is 2.37 bits per heavy atom. The van der Waals surface area contributed by atoms with Gasteiger partial charge >= 0.3 is 0 Å². The number of fused-ring (bicyclic) bond motifs is 1. The second-order valence-electron chi connectivity index (χ2n) is 8.61. The van der Waals surface area contributed by atoms with Crippen molar-refractivity contribution in [2.45, 2.75) is 31.3 Å². The van der Waals surface area contributed by atoms with Gasteiger partial charge in [-0.1, -0.05) is 42.5 Å². The number of hydrogen-bond donors (Lipinski definition) is 4. The third kappa shape index (κ3) is 8.60. The van der Waals surface area contributed by atoms with Gasteiger partial charge in [-0.3, -0.25) is 19.2 Å². The number of carbonyl (C=O) groups is 4. The number of amides is 3. The first-order valence-electron chi connectivity index (χ1n) is 12.2. The smallest absolute Gasteiger partial charge is 0.298 e. The maximum absolute atomic E-state index is 13.3. The normalized spacial score (nSPS) is 12.3. The lowest BCUT2D eigenvalue weighted by molar-refractivity contribution is -0.131. The van der Waals surface area contributed by atoms with Crippen molar-refractivity contribution in [3.63, 3.8) is 0 Å². The highest BCUT2D eigenvalue weighted by Crippen LogP contribution is 2.19. The minimum atomic E-state index is -0.933. The summed E-state index contributed by atoms with van der Waals surface area (Å²) in [6, 6.07) is 18.3. The molecule has 0 spiro atoms. The SMILES string of the molecule is CSCC[C@H](NC(=O)[C@H](Cc1ccc(OC=O)cc1)NC(=O)CCN)C(=O)Nc1ccc2ccccc2c1. The van der Waals surface area contributed by atoms with E-state index < -0.39 is 18.0 Å². The monoisotopic (exact) mass is 536 g/mol. The fourth-order valence-electron chi connectivity index (χ4n) is 3.88. The van der Waals surface area contributed by atoms with Gasteiger partial charge in [-0.25, -0.2) is 0 Å². The number of benzene rings is 3. The van der Waals surface area contributed by atoms with Crippen LogP contribution in [0.2, 0.25) is 0 Å². The molecule has 0 saturated heterocycles. The molecule has 3 aromatic carbocycles. The predicted molar refractivity (Wildman–Crippen MR) is 150 cm³/mol. The van der Waals surface area contributed by atoms with Gasteiger partial charge in [0.1, 0.15) is 17.8 Å². The van der Waals surface area contributed by atoms with E-state index in [9.17, 15) is 19.2 Å². The van der Waals surface area contributed by atoms with E-state index in [0.717, 1.165) is 16.3 Å². The highest BCUT2D eigenvalue weighted by Gasteiger charge is 2.27. The molecule has 3 rings (SSSR count). The topological polar surface area (TPSA) is 140 Å². The first-order valence-corrected chi connectivity index (χ1v) is 13.6. The third-order valence-corrected chi connectivity index (χ3v) is 6.48. The van der Waals surface area contributed by atoms with Gasteiger partial charge in [0.2, 0.25) is 17.7 Å². The highest BCUT2D eigenvalue weighted by molar-refractivity contribution is 7.98. The molecule has 0 aliphatic heterocycles. The third-order valence-electron chi connectivity index (χ3n) is 5.83. The average Bonchev–Trinajstić information content (AvgIpc) is 2.91. The Kier molecular flexibility index (Phi) is 11.1. The molecule has 0 bridgehead atoms. The van der Waals surface area contributed by atoms with Gasteiger partial charge in [0.05, 0.1) is 0 Å². The van der Waals surface area contributed by atoms with Crippen molar-refractivity contribution in [3.05, 3.63) is 72.3 Å². The van der Waals surface area contributed by atoms with E-state index in [4.69, 9.17) is 10.5 Å². The van der Waals surface area contributed by atoms with Crippen LogP contribution in [0.25, 0.3) is 10.8 Å². The van der Waals surface area contributed by atoms with Crippen LogP contribution < -0.4 is 26.4 Å². The molecule has 0 fully saturated rings. The van der Waals surface area contributed by atoms with Crippen LogP contribution >= 0.6 is 11.8 Å². The van der Waals surface area contributed by atoms with Crippen molar-refractivity contribution in [1.29, 1.82) is 0 Å². The van der Waals surface area contributed by atoms with Crippen molar-refractivity contribution in [3.8, 4) is 5.75 Å². The number of rotatable bonds is 14. The quantitative estimate of drug-likeness (QED) is 0.232. The van der Waals surface area contributed by atoms with E-state index in [0.29, 0.717) is 30.1 Å². The standard InChI is InChI=1S/C28H32N4O5S/c1-38-15-13-24(27(35)30-22-9-8-20-4-2-3-5-21(20)17-22)32-28(36)25(31-26(34)12-14-29)16-19-6-10-23(11-7-19)37-18-33/h2-11,17-18,24-25H,12-16,29H2,1H3,(H,30,35)(H,31,34)(H,32,36)/t24-,25-/m0/s1. The van der Waals surface area contributed by atoms with Gasteiger partial charge in [0, 0.05) is 25.1 Å². The van der Waals surface area contributed by atoms with Crippen molar-refractivity contribution < 1.29 is 23.9 Å². The van der Waals surface area contributed by atoms with E-state index >= 15 is 0 Å². The fraction of sp³-hybridized carbons (Fsp3) is 0.286. The summed E-state index contributed by atoms with van der Waals surface area (Å²) in [7, 11) is 0. The van der Waals surface area contributed by atoms with Crippen molar-refractivity contribution in [1.82, 2.24) is 10.6 Å². The van der Waals surface area contributed by atoms with Gasteiger partial charge in [0.25, 0.3) is 6.47 Å². The first kappa shape index (κ1) is 28.7. The van der Waals surface area contributed by atoms with Crippen LogP contribution in [0.15, 0.2) is 66.7 Å². The number of ether oxygens (including phenoxy) is 1. The zero-order valence-corrected chi connectivity index (χ0v) is 22.0. The Hall–Kier alpha value is -3.89. The lowest BCUT2D eigenvalue weighted by atomic mass is 10.0. The predicted octanol–water partition coefficient (Wildman–Crippen LogP) is 2.63. The zero-order valence-electron chi connectivity index (χ0n) is 21.1. The largest absolute Gasteiger partial charge is 0.429 e. The maximum Gasteiger partial charge on any atom is 0.298 e. The molecule has 2 atom stereocenters. The van der Waals surface area contributed by atoms with Crippen LogP contribution in [-0.4, -0.2) is 54.8 Å². The van der Waals surface area contributed by atoms with E-state index in [1.54, 1.807) is 36.0 Å². The number of carbonyl (C=O) groups excluding carboxylic acids is 4. The zero-order chi connectivity index (χ0) is 27.3. The van der Waals surface area contributed by atoms with Crippen LogP contribution in [0.4, 0.5) is 5.69 Å². The summed E-state index contributed by atoms with van der Waals surface area (Å²) in [6.45, 7) is 0.471. The molecular formula is C28H32N4O5S. The lowest BCUT2D eigenvalue weighted by Crippen LogP contribution is -2.53. The number of nitrogens with one attached hydrogen (secondary N) is 3. The second kappa shape index (κ2) is 14.7. The van der Waals surface area contributed by atoms with Crippen LogP contribution in [0.3, 0.4) is 0 Å². The molecular weight excluding hydrogens is 504 g/mol. The Morgan fingerprint density at radius 1 is 0.947 bits per heavy atom. The Labute approximate surface area is 225 Å². The second-order valence-corrected chi connectivity index (χ2v) is 9.60. The molecule has 200 valence electrons. The van der Waals surface area contributed by atoms with Gasteiger partial charge in [-0.2, -0.15) is 11.8 Å². The van der Waals surface area contributed by atoms with E-state index in [1.807, 2.05) is 48.7 Å². The number of thioether (sulfide) groups is 1. The maximum atomic E-state index is 13.3. The van der Waals surface area contributed by atoms with Crippen LogP contribution in [0.1, 0.15) is 18.4 Å². The van der Waals surface area contributed by atoms with Crippen molar-refractivity contribution in [2.75, 3.05) is 23.9 Å². The van der Waals surface area contributed by atoms with E-state index in [-0.39, 0.29) is 31.2 Å². The number of hydrogen-bond acceptors (Lipinski definition) is 7. The summed E-state index contributed by atoms with van der Waals surface area (Å²) in [6.07, 6.45) is 2.57. The molecule has 3 aromatic rings. The lowest BCUT2D eigenvalue weighted by Gasteiger charge is -2.23. The molecule has 0 saturated carbocycles. The van der Waals surface area contributed by atoms with Crippen LogP contribution in [0.5, 0.6) is 5.75 Å². The highest BCUT2D eigenvalue weighted by atomic mass is 32.2. The van der Waals surface area contributed by atoms with Gasteiger partial charge in [-0.05, 0) is 59.0 Å². The summed E-state index contributed by atoms with van der Waals surface area (Å²) in [5.74, 6) is -0.180. The molecule has 9 nitrogen and oxygen atoms in total. The molecule has 38 heavy (non-hydrogen) atoms. The summed E-state index contributed by atoms with van der Waals surface area (Å²) in [4.78, 5) is 49.4. The molecule has 3 amide bonds. The van der Waals surface area contributed by atoms with Crippen LogP contribution in [0, 0.1) is 0 Å². The number of nitrogens with two attached hydrogens (primary N) is 1. The van der Waals surface area contributed by atoms with Crippen molar-refractivity contribution in [2.24, 2.45) is 5.73 Å². The van der Waals surface area contributed by atoms with E-state index in [1.165, 1.54) is 0 Å². The van der Waals surface area contributed by atoms with Crippen LogP contribution in [-0.2, 0) is 25.6 Å². The molecule has 0 unspecified atom stereocenters. The Bertz CT molecular complexity index is 1250. The molecule has 0 aliphatic carbocycles. The minimum absolute atomic E-state index is 0.0637. The van der Waals surface area contributed by atoms with Gasteiger partial charge < -0.3 is 26.4 Å². The fourth-order valence-corrected chi connectivity index (χ4v) is 4.35. The Balaban J connectivity index is 1.75. The molecule has 0 aromatic heterocycles. The van der Waals surface area contributed by atoms with Crippen molar-refractivity contribution >= 4 is 52.4 Å². The first-order chi connectivity index (χ1) is 18.4. The van der Waals surface area contributed by atoms with E-state index in [2.05, 4.69) is 16.0 Å². The summed E-state index contributed by atoms with van der Waals surface area (Å²) < 4.78 is 4.81. The molecule has 5 N–H and O–H groups in total. The Morgan fingerprint density at radius 2 is 1.68 bits per heavy atom. The molecule has 0 aliphatic rings. The van der Waals surface area contributed by atoms with Gasteiger partial charge in [-0.15, -0.1) is 0 Å². The van der Waals surface area contributed by atoms with Gasteiger partial charge in [0.15, 0.2) is 0 Å². The average molecular weight is 537 g/mol. The minimum Gasteiger partial charge on any atom is -0.429 e.